The third-order valence-corrected chi connectivity index (χ3v) is 2.96. The Morgan fingerprint density at radius 1 is 1.28 bits per heavy atom. The first kappa shape index (κ1) is 12.5. The minimum Gasteiger partial charge on any atom is -0.497 e. The molecule has 0 aliphatic carbocycles. The number of aromatic nitrogens is 1. The van der Waals surface area contributed by atoms with Crippen molar-refractivity contribution in [3.8, 4) is 5.75 Å². The fraction of sp³-hybridized carbons (Fsp3) is 0.214. The highest BCUT2D eigenvalue weighted by Crippen LogP contribution is 2.26. The van der Waals surface area contributed by atoms with Crippen molar-refractivity contribution in [3.63, 3.8) is 0 Å². The van der Waals surface area contributed by atoms with Crippen LogP contribution in [0, 0.1) is 12.7 Å². The molecule has 0 saturated heterocycles. The summed E-state index contributed by atoms with van der Waals surface area (Å²) in [5.74, 6) is 0.108. The predicted octanol–water partition coefficient (Wildman–Crippen LogP) is 2.59. The first-order valence-electron chi connectivity index (χ1n) is 5.63. The fourth-order valence-corrected chi connectivity index (χ4v) is 1.86. The average Bonchev–Trinajstić information content (AvgIpc) is 2.38. The molecule has 0 amide bonds. The number of nitrogens with two attached hydrogens (primary N) is 1. The monoisotopic (exact) mass is 246 g/mol. The van der Waals surface area contributed by atoms with Gasteiger partial charge in [-0.1, -0.05) is 6.07 Å². The van der Waals surface area contributed by atoms with E-state index in [1.165, 1.54) is 13.2 Å². The van der Waals surface area contributed by atoms with Crippen molar-refractivity contribution in [3.05, 3.63) is 59.2 Å². The maximum Gasteiger partial charge on any atom is 0.132 e. The summed E-state index contributed by atoms with van der Waals surface area (Å²) < 4.78 is 18.9. The van der Waals surface area contributed by atoms with E-state index in [9.17, 15) is 4.39 Å². The molecule has 2 aromatic rings. The van der Waals surface area contributed by atoms with E-state index < -0.39 is 6.04 Å². The third-order valence-electron chi connectivity index (χ3n) is 2.96. The van der Waals surface area contributed by atoms with E-state index in [0.717, 1.165) is 11.1 Å². The van der Waals surface area contributed by atoms with E-state index in [2.05, 4.69) is 4.98 Å². The maximum absolute atomic E-state index is 13.9. The molecule has 0 saturated carbocycles. The van der Waals surface area contributed by atoms with Gasteiger partial charge in [-0.15, -0.1) is 0 Å². The second-order valence-corrected chi connectivity index (χ2v) is 4.10. The lowest BCUT2D eigenvalue weighted by molar-refractivity contribution is 0.410. The van der Waals surface area contributed by atoms with Crippen molar-refractivity contribution in [1.82, 2.24) is 4.98 Å². The molecule has 0 bridgehead atoms. The van der Waals surface area contributed by atoms with Crippen LogP contribution in [0.3, 0.4) is 0 Å². The van der Waals surface area contributed by atoms with Gasteiger partial charge in [0, 0.05) is 24.0 Å². The minimum atomic E-state index is -0.524. The largest absolute Gasteiger partial charge is 0.497 e. The van der Waals surface area contributed by atoms with Gasteiger partial charge < -0.3 is 10.5 Å². The van der Waals surface area contributed by atoms with Crippen LogP contribution in [0.25, 0.3) is 0 Å². The van der Waals surface area contributed by atoms with Gasteiger partial charge in [0.25, 0.3) is 0 Å². The molecule has 1 heterocycles. The van der Waals surface area contributed by atoms with Crippen molar-refractivity contribution < 1.29 is 9.13 Å². The molecule has 1 aromatic heterocycles. The van der Waals surface area contributed by atoms with Crippen LogP contribution in [0.2, 0.25) is 0 Å². The van der Waals surface area contributed by atoms with Crippen LogP contribution in [0.4, 0.5) is 4.39 Å². The second-order valence-electron chi connectivity index (χ2n) is 4.10. The maximum atomic E-state index is 13.9. The normalized spacial score (nSPS) is 12.2. The molecule has 94 valence electrons. The summed E-state index contributed by atoms with van der Waals surface area (Å²) in [6.45, 7) is 1.93. The van der Waals surface area contributed by atoms with Crippen LogP contribution in [0.15, 0.2) is 36.7 Å². The zero-order valence-corrected chi connectivity index (χ0v) is 10.4. The first-order valence-corrected chi connectivity index (χ1v) is 5.63. The van der Waals surface area contributed by atoms with Crippen LogP contribution in [0.5, 0.6) is 5.75 Å². The van der Waals surface area contributed by atoms with Crippen molar-refractivity contribution in [2.45, 2.75) is 13.0 Å². The molecule has 1 aromatic carbocycles. The second kappa shape index (κ2) is 5.14. The van der Waals surface area contributed by atoms with Crippen LogP contribution in [-0.4, -0.2) is 12.1 Å². The van der Waals surface area contributed by atoms with Gasteiger partial charge in [0.15, 0.2) is 0 Å². The Morgan fingerprint density at radius 3 is 2.67 bits per heavy atom. The van der Waals surface area contributed by atoms with Gasteiger partial charge >= 0.3 is 0 Å². The van der Waals surface area contributed by atoms with Crippen LogP contribution in [0.1, 0.15) is 22.7 Å². The van der Waals surface area contributed by atoms with E-state index in [1.54, 1.807) is 24.5 Å². The standard InChI is InChI=1S/C14H15FN2O/c1-9-5-6-17-8-12(9)14(16)11-4-3-10(18-2)7-13(11)15/h3-8,14H,16H2,1-2H3. The molecule has 0 spiro atoms. The molecular formula is C14H15FN2O. The first-order chi connectivity index (χ1) is 8.63. The number of nitrogens with zero attached hydrogens (tertiary/aromatic N) is 1. The summed E-state index contributed by atoms with van der Waals surface area (Å²) >= 11 is 0. The Balaban J connectivity index is 2.40. The van der Waals surface area contributed by atoms with E-state index in [-0.39, 0.29) is 5.82 Å². The summed E-state index contributed by atoms with van der Waals surface area (Å²) in [6, 6.07) is 6.01. The highest BCUT2D eigenvalue weighted by Gasteiger charge is 2.16. The zero-order valence-electron chi connectivity index (χ0n) is 10.4. The lowest BCUT2D eigenvalue weighted by Crippen LogP contribution is -2.15. The highest BCUT2D eigenvalue weighted by molar-refractivity contribution is 5.38. The fourth-order valence-electron chi connectivity index (χ4n) is 1.86. The number of rotatable bonds is 3. The van der Waals surface area contributed by atoms with Gasteiger partial charge in [-0.2, -0.15) is 0 Å². The minimum absolute atomic E-state index is 0.370. The molecular weight excluding hydrogens is 231 g/mol. The average molecular weight is 246 g/mol. The molecule has 1 unspecified atom stereocenters. The Kier molecular flexibility index (Phi) is 3.58. The van der Waals surface area contributed by atoms with E-state index >= 15 is 0 Å². The number of hydrogen-bond donors (Lipinski definition) is 1. The number of aryl methyl sites for hydroxylation is 1. The SMILES string of the molecule is COc1ccc(C(N)c2cnccc2C)c(F)c1. The van der Waals surface area contributed by atoms with Crippen molar-refractivity contribution in [2.75, 3.05) is 7.11 Å². The van der Waals surface area contributed by atoms with Crippen LogP contribution >= 0.6 is 0 Å². The molecule has 0 fully saturated rings. The Morgan fingerprint density at radius 2 is 2.06 bits per heavy atom. The smallest absolute Gasteiger partial charge is 0.132 e. The molecule has 2 rings (SSSR count). The molecule has 0 aliphatic rings. The van der Waals surface area contributed by atoms with E-state index in [4.69, 9.17) is 10.5 Å². The number of methoxy groups -OCH3 is 1. The summed E-state index contributed by atoms with van der Waals surface area (Å²) in [4.78, 5) is 4.03. The Hall–Kier alpha value is -1.94. The van der Waals surface area contributed by atoms with Gasteiger partial charge in [0.05, 0.1) is 13.2 Å². The van der Waals surface area contributed by atoms with Gasteiger partial charge in [-0.05, 0) is 30.2 Å². The van der Waals surface area contributed by atoms with Gasteiger partial charge in [-0.25, -0.2) is 4.39 Å². The lowest BCUT2D eigenvalue weighted by Gasteiger charge is -2.15. The molecule has 0 aliphatic heterocycles. The molecule has 0 radical (unpaired) electrons. The van der Waals surface area contributed by atoms with Crippen LogP contribution in [-0.2, 0) is 0 Å². The number of halogens is 1. The topological polar surface area (TPSA) is 48.1 Å². The zero-order chi connectivity index (χ0) is 13.1. The molecule has 3 nitrogen and oxygen atoms in total. The number of ether oxygens (including phenoxy) is 1. The molecule has 4 heteroatoms. The van der Waals surface area contributed by atoms with Gasteiger partial charge in [-0.3, -0.25) is 4.98 Å². The third kappa shape index (κ3) is 2.33. The predicted molar refractivity (Wildman–Crippen MR) is 68.0 cm³/mol. The van der Waals surface area contributed by atoms with E-state index in [1.807, 2.05) is 13.0 Å². The summed E-state index contributed by atoms with van der Waals surface area (Å²) in [7, 11) is 1.50. The summed E-state index contributed by atoms with van der Waals surface area (Å²) in [6.07, 6.45) is 3.36. The molecule has 2 N–H and O–H groups in total. The quantitative estimate of drug-likeness (QED) is 0.905. The van der Waals surface area contributed by atoms with Crippen molar-refractivity contribution in [2.24, 2.45) is 5.73 Å². The molecule has 1 atom stereocenters. The lowest BCUT2D eigenvalue weighted by atomic mass is 9.97. The van der Waals surface area contributed by atoms with Gasteiger partial charge in [0.2, 0.25) is 0 Å². The number of hydrogen-bond acceptors (Lipinski definition) is 3. The number of benzene rings is 1. The Labute approximate surface area is 105 Å². The highest BCUT2D eigenvalue weighted by atomic mass is 19.1. The van der Waals surface area contributed by atoms with Crippen molar-refractivity contribution in [1.29, 1.82) is 0 Å². The van der Waals surface area contributed by atoms with Gasteiger partial charge in [0.1, 0.15) is 11.6 Å². The van der Waals surface area contributed by atoms with Crippen molar-refractivity contribution >= 4 is 0 Å². The molecule has 18 heavy (non-hydrogen) atoms. The van der Waals surface area contributed by atoms with E-state index in [0.29, 0.717) is 11.3 Å². The van der Waals surface area contributed by atoms with Crippen LogP contribution < -0.4 is 10.5 Å². The Bertz CT molecular complexity index is 557. The number of pyridine rings is 1. The summed E-state index contributed by atoms with van der Waals surface area (Å²) in [5, 5.41) is 0. The summed E-state index contributed by atoms with van der Waals surface area (Å²) in [5.41, 5.74) is 8.34.